The van der Waals surface area contributed by atoms with Gasteiger partial charge in [0.25, 0.3) is 0 Å². The van der Waals surface area contributed by atoms with E-state index in [4.69, 9.17) is 0 Å². The lowest BCUT2D eigenvalue weighted by molar-refractivity contribution is 0.587. The first-order valence-corrected chi connectivity index (χ1v) is 6.23. The molecule has 2 aromatic carbocycles. The minimum absolute atomic E-state index is 0.181. The van der Waals surface area contributed by atoms with Crippen molar-refractivity contribution in [1.82, 2.24) is 5.32 Å². The molecule has 1 N–H and O–H groups in total. The molecule has 0 spiro atoms. The Morgan fingerprint density at radius 2 is 1.76 bits per heavy atom. The number of halogens is 2. The van der Waals surface area contributed by atoms with Crippen LogP contribution in [-0.4, -0.2) is 0 Å². The highest BCUT2D eigenvalue weighted by Crippen LogP contribution is 2.15. The molecular weight excluding hydrogens is 281 g/mol. The van der Waals surface area contributed by atoms with Gasteiger partial charge in [0.05, 0.1) is 0 Å². The zero-order chi connectivity index (χ0) is 12.1. The van der Waals surface area contributed by atoms with E-state index in [-0.39, 0.29) is 5.82 Å². The van der Waals surface area contributed by atoms with Gasteiger partial charge in [0.15, 0.2) is 0 Å². The summed E-state index contributed by atoms with van der Waals surface area (Å²) in [4.78, 5) is 0. The fourth-order valence-corrected chi connectivity index (χ4v) is 1.94. The molecule has 0 bridgehead atoms. The summed E-state index contributed by atoms with van der Waals surface area (Å²) in [6.07, 6.45) is 0. The monoisotopic (exact) mass is 293 g/mol. The molecule has 1 nitrogen and oxygen atoms in total. The van der Waals surface area contributed by atoms with Crippen molar-refractivity contribution in [3.63, 3.8) is 0 Å². The van der Waals surface area contributed by atoms with Crippen molar-refractivity contribution < 1.29 is 4.39 Å². The summed E-state index contributed by atoms with van der Waals surface area (Å²) in [6, 6.07) is 15.2. The highest BCUT2D eigenvalue weighted by atomic mass is 79.9. The normalized spacial score (nSPS) is 10.5. The zero-order valence-corrected chi connectivity index (χ0v) is 10.9. The highest BCUT2D eigenvalue weighted by molar-refractivity contribution is 9.10. The topological polar surface area (TPSA) is 12.0 Å². The Kier molecular flexibility index (Phi) is 4.29. The van der Waals surface area contributed by atoms with E-state index in [1.165, 1.54) is 11.6 Å². The van der Waals surface area contributed by atoms with Crippen LogP contribution in [0.25, 0.3) is 0 Å². The van der Waals surface area contributed by atoms with E-state index in [1.54, 1.807) is 6.07 Å². The maximum absolute atomic E-state index is 13.5. The minimum atomic E-state index is -0.181. The lowest BCUT2D eigenvalue weighted by Gasteiger charge is -2.06. The highest BCUT2D eigenvalue weighted by Gasteiger charge is 2.01. The SMILES string of the molecule is Fc1cc(Br)ccc1CNCc1ccccc1. The molecule has 0 aromatic heterocycles. The van der Waals surface area contributed by atoms with Gasteiger partial charge in [-0.1, -0.05) is 52.3 Å². The van der Waals surface area contributed by atoms with Gasteiger partial charge in [-0.3, -0.25) is 0 Å². The molecule has 0 radical (unpaired) electrons. The molecule has 0 fully saturated rings. The van der Waals surface area contributed by atoms with Crippen LogP contribution in [0.15, 0.2) is 53.0 Å². The number of rotatable bonds is 4. The third kappa shape index (κ3) is 3.65. The molecule has 0 heterocycles. The van der Waals surface area contributed by atoms with Crippen molar-refractivity contribution in [2.45, 2.75) is 13.1 Å². The average Bonchev–Trinajstić information content (AvgIpc) is 2.33. The van der Waals surface area contributed by atoms with Crippen molar-refractivity contribution in [1.29, 1.82) is 0 Å². The van der Waals surface area contributed by atoms with Crippen LogP contribution in [0.4, 0.5) is 4.39 Å². The summed E-state index contributed by atoms with van der Waals surface area (Å²) in [6.45, 7) is 1.28. The maximum atomic E-state index is 13.5. The molecule has 0 aliphatic heterocycles. The first-order chi connectivity index (χ1) is 8.25. The summed E-state index contributed by atoms with van der Waals surface area (Å²) in [5.74, 6) is -0.181. The Hall–Kier alpha value is -1.19. The van der Waals surface area contributed by atoms with Gasteiger partial charge < -0.3 is 5.32 Å². The van der Waals surface area contributed by atoms with Gasteiger partial charge in [0, 0.05) is 23.1 Å². The number of hydrogen-bond donors (Lipinski definition) is 1. The number of hydrogen-bond acceptors (Lipinski definition) is 1. The third-order valence-electron chi connectivity index (χ3n) is 2.50. The van der Waals surface area contributed by atoms with Crippen LogP contribution in [0, 0.1) is 5.82 Å². The standard InChI is InChI=1S/C14H13BrFN/c15-13-7-6-12(14(16)8-13)10-17-9-11-4-2-1-3-5-11/h1-8,17H,9-10H2. The Bertz CT molecular complexity index is 485. The van der Waals surface area contributed by atoms with Crippen molar-refractivity contribution in [3.05, 3.63) is 69.9 Å². The average molecular weight is 294 g/mol. The molecule has 2 aromatic rings. The molecule has 3 heteroatoms. The fourth-order valence-electron chi connectivity index (χ4n) is 1.60. The van der Waals surface area contributed by atoms with Crippen LogP contribution in [0.5, 0.6) is 0 Å². The van der Waals surface area contributed by atoms with E-state index < -0.39 is 0 Å². The van der Waals surface area contributed by atoms with Crippen LogP contribution in [0.2, 0.25) is 0 Å². The van der Waals surface area contributed by atoms with Crippen LogP contribution in [0.1, 0.15) is 11.1 Å². The summed E-state index contributed by atoms with van der Waals surface area (Å²) in [7, 11) is 0. The van der Waals surface area contributed by atoms with Gasteiger partial charge in [-0.15, -0.1) is 0 Å². The minimum Gasteiger partial charge on any atom is -0.309 e. The fraction of sp³-hybridized carbons (Fsp3) is 0.143. The Labute approximate surface area is 109 Å². The van der Waals surface area contributed by atoms with Crippen LogP contribution >= 0.6 is 15.9 Å². The summed E-state index contributed by atoms with van der Waals surface area (Å²) >= 11 is 3.24. The zero-order valence-electron chi connectivity index (χ0n) is 9.29. The molecule has 88 valence electrons. The first-order valence-electron chi connectivity index (χ1n) is 5.44. The van der Waals surface area contributed by atoms with Gasteiger partial charge >= 0.3 is 0 Å². The lowest BCUT2D eigenvalue weighted by Crippen LogP contribution is -2.13. The quantitative estimate of drug-likeness (QED) is 0.902. The molecule has 2 rings (SSSR count). The van der Waals surface area contributed by atoms with Crippen LogP contribution < -0.4 is 5.32 Å². The third-order valence-corrected chi connectivity index (χ3v) is 3.00. The predicted molar refractivity (Wildman–Crippen MR) is 71.1 cm³/mol. The molecule has 0 aliphatic rings. The first kappa shape index (κ1) is 12.3. The van der Waals surface area contributed by atoms with Crippen molar-refractivity contribution >= 4 is 15.9 Å². The molecular formula is C14H13BrFN. The van der Waals surface area contributed by atoms with E-state index >= 15 is 0 Å². The second-order valence-electron chi connectivity index (χ2n) is 3.82. The second kappa shape index (κ2) is 5.94. The molecule has 0 unspecified atom stereocenters. The van der Waals surface area contributed by atoms with Crippen molar-refractivity contribution in [3.8, 4) is 0 Å². The van der Waals surface area contributed by atoms with E-state index in [9.17, 15) is 4.39 Å². The molecule has 0 amide bonds. The Balaban J connectivity index is 1.90. The molecule has 0 saturated heterocycles. The van der Waals surface area contributed by atoms with Crippen molar-refractivity contribution in [2.75, 3.05) is 0 Å². The number of benzene rings is 2. The second-order valence-corrected chi connectivity index (χ2v) is 4.74. The Morgan fingerprint density at radius 1 is 1.00 bits per heavy atom. The van der Waals surface area contributed by atoms with Crippen LogP contribution in [0.3, 0.4) is 0 Å². The largest absolute Gasteiger partial charge is 0.309 e. The molecule has 0 aliphatic carbocycles. The van der Waals surface area contributed by atoms with E-state index in [2.05, 4.69) is 21.2 Å². The maximum Gasteiger partial charge on any atom is 0.128 e. The summed E-state index contributed by atoms with van der Waals surface area (Å²) < 4.78 is 14.3. The smallest absolute Gasteiger partial charge is 0.128 e. The van der Waals surface area contributed by atoms with Gasteiger partial charge in [-0.05, 0) is 17.7 Å². The summed E-state index contributed by atoms with van der Waals surface area (Å²) in [5, 5.41) is 3.22. The van der Waals surface area contributed by atoms with E-state index in [0.29, 0.717) is 12.1 Å². The van der Waals surface area contributed by atoms with Crippen molar-refractivity contribution in [2.24, 2.45) is 0 Å². The summed E-state index contributed by atoms with van der Waals surface area (Å²) in [5.41, 5.74) is 1.88. The van der Waals surface area contributed by atoms with E-state index in [1.807, 2.05) is 36.4 Å². The number of nitrogens with one attached hydrogen (secondary N) is 1. The van der Waals surface area contributed by atoms with Crippen LogP contribution in [-0.2, 0) is 13.1 Å². The predicted octanol–water partition coefficient (Wildman–Crippen LogP) is 3.88. The van der Waals surface area contributed by atoms with E-state index in [0.717, 1.165) is 11.0 Å². The Morgan fingerprint density at radius 3 is 2.47 bits per heavy atom. The van der Waals surface area contributed by atoms with Gasteiger partial charge in [-0.2, -0.15) is 0 Å². The molecule has 0 saturated carbocycles. The molecule has 17 heavy (non-hydrogen) atoms. The molecule has 0 atom stereocenters. The van der Waals surface area contributed by atoms with Gasteiger partial charge in [0.1, 0.15) is 5.82 Å². The van der Waals surface area contributed by atoms with Gasteiger partial charge in [0.2, 0.25) is 0 Å². The lowest BCUT2D eigenvalue weighted by atomic mass is 10.2. The van der Waals surface area contributed by atoms with Gasteiger partial charge in [-0.25, -0.2) is 4.39 Å².